The molecule has 0 unspecified atom stereocenters. The Kier molecular flexibility index (Phi) is 4.02. The van der Waals surface area contributed by atoms with Gasteiger partial charge in [0.1, 0.15) is 0 Å². The van der Waals surface area contributed by atoms with Gasteiger partial charge in [0.2, 0.25) is 0 Å². The molecule has 0 radical (unpaired) electrons. The van der Waals surface area contributed by atoms with E-state index in [-0.39, 0.29) is 0 Å². The summed E-state index contributed by atoms with van der Waals surface area (Å²) in [4.78, 5) is 0. The Balaban J connectivity index is 2.19. The first-order valence-corrected chi connectivity index (χ1v) is 10.9. The highest BCUT2D eigenvalue weighted by atomic mass is 28.3. The van der Waals surface area contributed by atoms with Crippen LogP contribution in [0, 0.1) is 0 Å². The zero-order valence-electron chi connectivity index (χ0n) is 14.7. The first kappa shape index (κ1) is 15.9. The van der Waals surface area contributed by atoms with Crippen molar-refractivity contribution in [2.75, 3.05) is 0 Å². The average molecular weight is 339 g/mol. The van der Waals surface area contributed by atoms with Gasteiger partial charge in [-0.25, -0.2) is 0 Å². The van der Waals surface area contributed by atoms with Crippen LogP contribution >= 0.6 is 0 Å². The normalized spacial score (nSPS) is 15.2. The molecule has 3 aromatic carbocycles. The van der Waals surface area contributed by atoms with E-state index in [1.165, 1.54) is 31.9 Å². The molecule has 1 heteroatoms. The Morgan fingerprint density at radius 2 is 1.20 bits per heavy atom. The molecule has 0 saturated carbocycles. The van der Waals surface area contributed by atoms with Gasteiger partial charge in [0.05, 0.1) is 0 Å². The van der Waals surface area contributed by atoms with E-state index in [4.69, 9.17) is 0 Å². The molecule has 0 aromatic heterocycles. The minimum absolute atomic E-state index is 1.40. The lowest BCUT2D eigenvalue weighted by Gasteiger charge is -2.32. The molecule has 25 heavy (non-hydrogen) atoms. The summed E-state index contributed by atoms with van der Waals surface area (Å²) >= 11 is 0. The lowest BCUT2D eigenvalue weighted by molar-refractivity contribution is 1.61. The van der Waals surface area contributed by atoms with Crippen LogP contribution in [-0.2, 0) is 0 Å². The maximum Gasteiger partial charge on any atom is 0.180 e. The van der Waals surface area contributed by atoms with Crippen LogP contribution in [0.25, 0.3) is 11.1 Å². The Morgan fingerprint density at radius 3 is 1.72 bits per heavy atom. The molecule has 1 heterocycles. The SMILES string of the molecule is C/C=C\C(=C/C)[Si]1(c2ccccc2)c2ccccc2-c2ccccc21. The second-order valence-corrected chi connectivity index (χ2v) is 10.2. The molecule has 0 saturated heterocycles. The lowest BCUT2D eigenvalue weighted by Crippen LogP contribution is -2.66. The predicted octanol–water partition coefficient (Wildman–Crippen LogP) is 4.20. The predicted molar refractivity (Wildman–Crippen MR) is 112 cm³/mol. The van der Waals surface area contributed by atoms with E-state index in [0.29, 0.717) is 0 Å². The highest BCUT2D eigenvalue weighted by Gasteiger charge is 2.48. The molecule has 0 amide bonds. The molecule has 122 valence electrons. The highest BCUT2D eigenvalue weighted by molar-refractivity contribution is 7.19. The van der Waals surface area contributed by atoms with Crippen LogP contribution in [0.4, 0.5) is 0 Å². The van der Waals surface area contributed by atoms with Crippen molar-refractivity contribution in [3.63, 3.8) is 0 Å². The summed E-state index contributed by atoms with van der Waals surface area (Å²) in [5, 5.41) is 5.93. The molecular formula is C24H22Si. The molecule has 1 aliphatic heterocycles. The number of hydrogen-bond acceptors (Lipinski definition) is 0. The van der Waals surface area contributed by atoms with E-state index in [9.17, 15) is 0 Å². The van der Waals surface area contributed by atoms with Crippen molar-refractivity contribution < 1.29 is 0 Å². The van der Waals surface area contributed by atoms with E-state index in [1.807, 2.05) is 0 Å². The van der Waals surface area contributed by atoms with Crippen molar-refractivity contribution >= 4 is 23.6 Å². The number of benzene rings is 3. The Labute approximate surface area is 151 Å². The summed E-state index contributed by atoms with van der Waals surface area (Å²) in [6, 6.07) is 29.1. The summed E-state index contributed by atoms with van der Waals surface area (Å²) in [5.41, 5.74) is 2.80. The van der Waals surface area contributed by atoms with Crippen molar-refractivity contribution in [2.24, 2.45) is 0 Å². The Morgan fingerprint density at radius 1 is 0.680 bits per heavy atom. The molecule has 3 aromatic rings. The summed E-state index contributed by atoms with van der Waals surface area (Å²) < 4.78 is 0. The zero-order valence-corrected chi connectivity index (χ0v) is 15.7. The monoisotopic (exact) mass is 338 g/mol. The first-order valence-electron chi connectivity index (χ1n) is 8.88. The minimum atomic E-state index is -2.23. The van der Waals surface area contributed by atoms with Crippen LogP contribution in [0.5, 0.6) is 0 Å². The van der Waals surface area contributed by atoms with Gasteiger partial charge in [-0.05, 0) is 45.7 Å². The van der Waals surface area contributed by atoms with Gasteiger partial charge in [0, 0.05) is 0 Å². The van der Waals surface area contributed by atoms with E-state index < -0.39 is 8.07 Å². The third kappa shape index (κ3) is 2.20. The van der Waals surface area contributed by atoms with Gasteiger partial charge in [0.25, 0.3) is 0 Å². The molecule has 0 aliphatic carbocycles. The van der Waals surface area contributed by atoms with Crippen LogP contribution in [-0.4, -0.2) is 8.07 Å². The maximum atomic E-state index is 2.35. The summed E-state index contributed by atoms with van der Waals surface area (Å²) in [7, 11) is -2.23. The van der Waals surface area contributed by atoms with Crippen molar-refractivity contribution in [1.82, 2.24) is 0 Å². The van der Waals surface area contributed by atoms with Crippen molar-refractivity contribution in [3.05, 3.63) is 102 Å². The van der Waals surface area contributed by atoms with Gasteiger partial charge in [-0.1, -0.05) is 97.1 Å². The minimum Gasteiger partial charge on any atom is -0.0877 e. The maximum absolute atomic E-state index is 2.35. The van der Waals surface area contributed by atoms with Gasteiger partial charge in [0.15, 0.2) is 8.07 Å². The van der Waals surface area contributed by atoms with Crippen molar-refractivity contribution in [3.8, 4) is 11.1 Å². The highest BCUT2D eigenvalue weighted by Crippen LogP contribution is 2.32. The quantitative estimate of drug-likeness (QED) is 0.496. The van der Waals surface area contributed by atoms with E-state index >= 15 is 0 Å². The molecular weight excluding hydrogens is 316 g/mol. The zero-order chi connectivity index (χ0) is 17.3. The van der Waals surface area contributed by atoms with Crippen LogP contribution in [0.1, 0.15) is 13.8 Å². The number of hydrogen-bond donors (Lipinski definition) is 0. The molecule has 0 N–H and O–H groups in total. The van der Waals surface area contributed by atoms with Gasteiger partial charge in [-0.2, -0.15) is 0 Å². The largest absolute Gasteiger partial charge is 0.180 e. The fourth-order valence-electron chi connectivity index (χ4n) is 4.33. The third-order valence-corrected chi connectivity index (χ3v) is 10.3. The van der Waals surface area contributed by atoms with Crippen LogP contribution < -0.4 is 15.6 Å². The van der Waals surface area contributed by atoms with Gasteiger partial charge < -0.3 is 0 Å². The first-order chi connectivity index (χ1) is 12.3. The van der Waals surface area contributed by atoms with Gasteiger partial charge in [-0.15, -0.1) is 0 Å². The Bertz CT molecular complexity index is 919. The average Bonchev–Trinajstić information content (AvgIpc) is 2.98. The van der Waals surface area contributed by atoms with Crippen molar-refractivity contribution in [1.29, 1.82) is 0 Å². The number of rotatable bonds is 3. The standard InChI is InChI=1S/C24H22Si/c1-3-12-19(4-2)25(20-13-6-5-7-14-20)23-17-10-8-15-21(23)22-16-9-11-18-24(22)25/h3-18H,1-2H3/b12-3-,19-4+. The smallest absolute Gasteiger partial charge is 0.0877 e. The molecule has 0 atom stereocenters. The molecule has 1 aliphatic rings. The van der Waals surface area contributed by atoms with Gasteiger partial charge >= 0.3 is 0 Å². The van der Waals surface area contributed by atoms with E-state index in [2.05, 4.69) is 111 Å². The lowest BCUT2D eigenvalue weighted by atomic mass is 10.1. The molecule has 0 spiro atoms. The summed E-state index contributed by atoms with van der Waals surface area (Å²) in [6.45, 7) is 4.29. The van der Waals surface area contributed by atoms with Crippen LogP contribution in [0.15, 0.2) is 102 Å². The fourth-order valence-corrected chi connectivity index (χ4v) is 9.68. The second kappa shape index (κ2) is 6.34. The Hall–Kier alpha value is -2.64. The molecule has 0 bridgehead atoms. The van der Waals surface area contributed by atoms with Crippen LogP contribution in [0.3, 0.4) is 0 Å². The van der Waals surface area contributed by atoms with Gasteiger partial charge in [-0.3, -0.25) is 0 Å². The summed E-state index contributed by atoms with van der Waals surface area (Å²) in [6.07, 6.45) is 6.81. The third-order valence-electron chi connectivity index (χ3n) is 5.25. The molecule has 0 fully saturated rings. The van der Waals surface area contributed by atoms with E-state index in [0.717, 1.165) is 0 Å². The van der Waals surface area contributed by atoms with Crippen LogP contribution in [0.2, 0.25) is 0 Å². The molecule has 4 rings (SSSR count). The number of allylic oxidation sites excluding steroid dienone is 4. The summed E-state index contributed by atoms with van der Waals surface area (Å²) in [5.74, 6) is 0. The van der Waals surface area contributed by atoms with Crippen molar-refractivity contribution in [2.45, 2.75) is 13.8 Å². The molecule has 0 nitrogen and oxygen atoms in total. The topological polar surface area (TPSA) is 0 Å². The fraction of sp³-hybridized carbons (Fsp3) is 0.0833. The van der Waals surface area contributed by atoms with E-state index in [1.54, 1.807) is 0 Å². The second-order valence-electron chi connectivity index (χ2n) is 6.45. The number of fused-ring (bicyclic) bond motifs is 3.